The van der Waals surface area contributed by atoms with E-state index in [0.29, 0.717) is 17.8 Å². The Kier molecular flexibility index (Phi) is 3.70. The Morgan fingerprint density at radius 2 is 1.62 bits per heavy atom. The summed E-state index contributed by atoms with van der Waals surface area (Å²) in [5.74, 6) is 0.176. The number of ether oxygens (including phenoxy) is 1. The van der Waals surface area contributed by atoms with E-state index >= 15 is 0 Å². The molecule has 3 bridgehead atoms. The Morgan fingerprint density at radius 1 is 1.04 bits per heavy atom. The lowest BCUT2D eigenvalue weighted by atomic mass is 9.42. The molecule has 4 saturated carbocycles. The van der Waals surface area contributed by atoms with Gasteiger partial charge in [-0.2, -0.15) is 13.2 Å². The van der Waals surface area contributed by atoms with Gasteiger partial charge in [0.05, 0.1) is 5.41 Å². The fourth-order valence-corrected chi connectivity index (χ4v) is 5.23. The van der Waals surface area contributed by atoms with Crippen LogP contribution in [0.25, 0.3) is 0 Å². The van der Waals surface area contributed by atoms with Crippen LogP contribution in [0, 0.1) is 28.1 Å². The number of carbonyl (C=O) groups excluding carboxylic acids is 1. The third-order valence-electron chi connectivity index (χ3n) is 7.55. The van der Waals surface area contributed by atoms with Crippen LogP contribution in [0.1, 0.15) is 73.1 Å². The largest absolute Gasteiger partial charge is 0.449 e. The highest BCUT2D eigenvalue weighted by Gasteiger charge is 2.65. The van der Waals surface area contributed by atoms with Crippen LogP contribution >= 0.6 is 0 Å². The number of esters is 1. The van der Waals surface area contributed by atoms with Gasteiger partial charge in [0.1, 0.15) is 0 Å². The maximum atomic E-state index is 13.7. The van der Waals surface area contributed by atoms with Crippen molar-refractivity contribution in [3.8, 4) is 0 Å². The van der Waals surface area contributed by atoms with E-state index in [1.807, 2.05) is 6.92 Å². The summed E-state index contributed by atoms with van der Waals surface area (Å²) in [5, 5.41) is 0. The molecule has 0 aromatic carbocycles. The molecule has 4 aliphatic carbocycles. The minimum absolute atomic E-state index is 0.170. The second-order valence-corrected chi connectivity index (χ2v) is 10.00. The van der Waals surface area contributed by atoms with Gasteiger partial charge in [0.25, 0.3) is 0 Å². The smallest absolute Gasteiger partial charge is 0.428 e. The highest BCUT2D eigenvalue weighted by molar-refractivity contribution is 5.77. The minimum atomic E-state index is -4.60. The molecule has 3 unspecified atom stereocenters. The molecule has 24 heavy (non-hydrogen) atoms. The zero-order valence-electron chi connectivity index (χ0n) is 15.3. The van der Waals surface area contributed by atoms with E-state index in [4.69, 9.17) is 4.74 Å². The fraction of sp³-hybridized carbons (Fsp3) is 0.947. The van der Waals surface area contributed by atoms with Crippen molar-refractivity contribution < 1.29 is 22.7 Å². The van der Waals surface area contributed by atoms with Crippen molar-refractivity contribution >= 4 is 5.97 Å². The van der Waals surface area contributed by atoms with Crippen molar-refractivity contribution in [1.82, 2.24) is 0 Å². The van der Waals surface area contributed by atoms with Gasteiger partial charge in [-0.05, 0) is 69.6 Å². The van der Waals surface area contributed by atoms with E-state index in [-0.39, 0.29) is 5.92 Å². The molecule has 4 rings (SSSR count). The van der Waals surface area contributed by atoms with E-state index in [0.717, 1.165) is 26.2 Å². The third kappa shape index (κ3) is 2.40. The highest BCUT2D eigenvalue weighted by Crippen LogP contribution is 2.67. The Balaban J connectivity index is 1.83. The second kappa shape index (κ2) is 4.91. The van der Waals surface area contributed by atoms with Crippen LogP contribution < -0.4 is 0 Å². The molecule has 4 aliphatic rings. The Bertz CT molecular complexity index is 526. The molecule has 0 radical (unpaired) electrons. The fourth-order valence-electron chi connectivity index (χ4n) is 5.23. The van der Waals surface area contributed by atoms with E-state index in [1.54, 1.807) is 0 Å². The monoisotopic (exact) mass is 346 g/mol. The molecular weight excluding hydrogens is 317 g/mol. The first-order valence-corrected chi connectivity index (χ1v) is 9.03. The normalized spacial score (nSPS) is 41.2. The summed E-state index contributed by atoms with van der Waals surface area (Å²) >= 11 is 0. The van der Waals surface area contributed by atoms with Gasteiger partial charge >= 0.3 is 12.1 Å². The van der Waals surface area contributed by atoms with Crippen LogP contribution in [-0.2, 0) is 9.53 Å². The van der Waals surface area contributed by atoms with Gasteiger partial charge in [-0.15, -0.1) is 0 Å². The first-order valence-electron chi connectivity index (χ1n) is 9.03. The number of hydrogen-bond acceptors (Lipinski definition) is 2. The molecule has 0 aromatic rings. The van der Waals surface area contributed by atoms with Crippen LogP contribution in [-0.4, -0.2) is 17.7 Å². The second-order valence-electron chi connectivity index (χ2n) is 10.00. The van der Waals surface area contributed by atoms with Crippen molar-refractivity contribution in [3.05, 3.63) is 0 Å². The Labute approximate surface area is 142 Å². The number of rotatable bonds is 2. The molecule has 0 N–H and O–H groups in total. The van der Waals surface area contributed by atoms with Gasteiger partial charge in [-0.3, -0.25) is 4.79 Å². The summed E-state index contributed by atoms with van der Waals surface area (Å²) in [7, 11) is 0. The van der Waals surface area contributed by atoms with Crippen LogP contribution in [0.2, 0.25) is 0 Å². The molecule has 4 fully saturated rings. The van der Waals surface area contributed by atoms with Crippen molar-refractivity contribution in [2.24, 2.45) is 28.1 Å². The molecule has 0 aromatic heterocycles. The van der Waals surface area contributed by atoms with Crippen molar-refractivity contribution in [1.29, 1.82) is 0 Å². The number of hydrogen-bond donors (Lipinski definition) is 0. The lowest BCUT2D eigenvalue weighted by molar-refractivity contribution is -0.300. The molecule has 3 atom stereocenters. The van der Waals surface area contributed by atoms with E-state index < -0.39 is 28.6 Å². The molecule has 2 nitrogen and oxygen atoms in total. The van der Waals surface area contributed by atoms with Gasteiger partial charge in [0.2, 0.25) is 5.60 Å². The zero-order valence-corrected chi connectivity index (χ0v) is 15.3. The Morgan fingerprint density at radius 3 is 2.12 bits per heavy atom. The minimum Gasteiger partial charge on any atom is -0.449 e. The van der Waals surface area contributed by atoms with Gasteiger partial charge in [0.15, 0.2) is 0 Å². The first kappa shape index (κ1) is 18.1. The molecule has 138 valence electrons. The van der Waals surface area contributed by atoms with E-state index in [2.05, 4.69) is 0 Å². The molecule has 0 aliphatic heterocycles. The summed E-state index contributed by atoms with van der Waals surface area (Å²) in [5.41, 5.74) is -4.10. The van der Waals surface area contributed by atoms with Crippen LogP contribution in [0.5, 0.6) is 0 Å². The first-order chi connectivity index (χ1) is 10.7. The molecule has 0 saturated heterocycles. The SMILES string of the molecule is CC1(C(=O)OC(C)(C(C)(C)C)C(F)(F)F)CCC23CC(CC1C2)C3. The standard InChI is InChI=1S/C19H29F3O2/c1-15(2,3)17(5,19(20,21)22)24-14(23)16(4)6-7-18-9-12(10-18)8-13(16)11-18/h12-13H,6-11H2,1-5H3. The van der Waals surface area contributed by atoms with E-state index in [1.165, 1.54) is 33.6 Å². The molecule has 0 heterocycles. The summed E-state index contributed by atoms with van der Waals surface area (Å²) in [6.07, 6.45) is 1.44. The predicted octanol–water partition coefficient (Wildman–Crippen LogP) is 5.50. The topological polar surface area (TPSA) is 26.3 Å². The molecule has 5 heteroatoms. The highest BCUT2D eigenvalue weighted by atomic mass is 19.4. The average Bonchev–Trinajstić information content (AvgIpc) is 2.40. The number of halogens is 3. The summed E-state index contributed by atoms with van der Waals surface area (Å²) in [6, 6.07) is 0. The average molecular weight is 346 g/mol. The van der Waals surface area contributed by atoms with E-state index in [9.17, 15) is 18.0 Å². The molecule has 0 amide bonds. The van der Waals surface area contributed by atoms with Gasteiger partial charge in [-0.1, -0.05) is 20.8 Å². The molecular formula is C19H29F3O2. The molecule has 1 spiro atoms. The Hall–Kier alpha value is -0.740. The van der Waals surface area contributed by atoms with Crippen LogP contribution in [0.15, 0.2) is 0 Å². The van der Waals surface area contributed by atoms with Crippen molar-refractivity contribution in [2.45, 2.75) is 84.9 Å². The summed E-state index contributed by atoms with van der Waals surface area (Å²) < 4.78 is 46.4. The van der Waals surface area contributed by atoms with Gasteiger partial charge < -0.3 is 4.74 Å². The third-order valence-corrected chi connectivity index (χ3v) is 7.55. The van der Waals surface area contributed by atoms with Crippen molar-refractivity contribution in [3.63, 3.8) is 0 Å². The van der Waals surface area contributed by atoms with Crippen LogP contribution in [0.4, 0.5) is 13.2 Å². The lowest BCUT2D eigenvalue weighted by Gasteiger charge is -2.63. The van der Waals surface area contributed by atoms with Gasteiger partial charge in [-0.25, -0.2) is 0 Å². The summed E-state index contributed by atoms with van der Waals surface area (Å²) in [6.45, 7) is 7.26. The predicted molar refractivity (Wildman–Crippen MR) is 85.2 cm³/mol. The quantitative estimate of drug-likeness (QED) is 0.617. The van der Waals surface area contributed by atoms with Crippen LogP contribution in [0.3, 0.4) is 0 Å². The maximum Gasteiger partial charge on any atom is 0.428 e. The van der Waals surface area contributed by atoms with Gasteiger partial charge in [0, 0.05) is 5.41 Å². The zero-order chi connectivity index (χ0) is 18.2. The number of alkyl halides is 3. The number of carbonyl (C=O) groups is 1. The maximum absolute atomic E-state index is 13.7. The summed E-state index contributed by atoms with van der Waals surface area (Å²) in [4.78, 5) is 12.9. The lowest BCUT2D eigenvalue weighted by Crippen LogP contribution is -2.60. The van der Waals surface area contributed by atoms with Crippen molar-refractivity contribution in [2.75, 3.05) is 0 Å².